The predicted octanol–water partition coefficient (Wildman–Crippen LogP) is 1.52. The van der Waals surface area contributed by atoms with Gasteiger partial charge in [-0.25, -0.2) is 4.98 Å². The number of thioether (sulfide) groups is 1. The molecule has 1 saturated heterocycles. The van der Waals surface area contributed by atoms with E-state index in [1.54, 1.807) is 11.8 Å². The van der Waals surface area contributed by atoms with Crippen molar-refractivity contribution in [1.82, 2.24) is 14.7 Å². The smallest absolute Gasteiger partial charge is 0.252 e. The van der Waals surface area contributed by atoms with Crippen LogP contribution in [-0.2, 0) is 11.3 Å². The van der Waals surface area contributed by atoms with Crippen LogP contribution in [0.25, 0.3) is 5.65 Å². The van der Waals surface area contributed by atoms with E-state index in [-0.39, 0.29) is 5.91 Å². The van der Waals surface area contributed by atoms with Gasteiger partial charge in [-0.2, -0.15) is 11.8 Å². The monoisotopic (exact) mass is 305 g/mol. The summed E-state index contributed by atoms with van der Waals surface area (Å²) in [6, 6.07) is 3.97. The molecule has 0 radical (unpaired) electrons. The number of hydrogen-bond donors (Lipinski definition) is 2. The molecule has 0 spiro atoms. The van der Waals surface area contributed by atoms with E-state index in [9.17, 15) is 9.90 Å². The van der Waals surface area contributed by atoms with E-state index in [4.69, 9.17) is 0 Å². The molecule has 112 valence electrons. The topological polar surface area (TPSA) is 66.6 Å². The summed E-state index contributed by atoms with van der Waals surface area (Å²) in [6.07, 6.45) is 4.89. The highest BCUT2D eigenvalue weighted by atomic mass is 32.2. The summed E-state index contributed by atoms with van der Waals surface area (Å²) in [4.78, 5) is 16.7. The van der Waals surface area contributed by atoms with Crippen LogP contribution < -0.4 is 5.32 Å². The lowest BCUT2D eigenvalue weighted by atomic mass is 9.96. The number of pyridine rings is 1. The molecule has 21 heavy (non-hydrogen) atoms. The molecule has 1 aliphatic rings. The van der Waals surface area contributed by atoms with Crippen LogP contribution in [-0.4, -0.2) is 37.5 Å². The molecule has 0 aromatic carbocycles. The van der Waals surface area contributed by atoms with E-state index in [0.29, 0.717) is 19.4 Å². The molecule has 0 atom stereocenters. The van der Waals surface area contributed by atoms with Crippen LogP contribution >= 0.6 is 11.8 Å². The minimum Gasteiger partial charge on any atom is -0.380 e. The predicted molar refractivity (Wildman–Crippen MR) is 83.3 cm³/mol. The second kappa shape index (κ2) is 5.69. The van der Waals surface area contributed by atoms with Gasteiger partial charge < -0.3 is 14.8 Å². The zero-order valence-corrected chi connectivity index (χ0v) is 12.8. The molecule has 2 aromatic heterocycles. The summed E-state index contributed by atoms with van der Waals surface area (Å²) in [7, 11) is 0. The fraction of sp³-hybridized carbons (Fsp3) is 0.467. The standard InChI is InChI=1S/C15H19N3O2S/c1-11-3-2-6-18-10-12(17-13(11)18)9-16-14(19)15(20)4-7-21-8-5-15/h2-3,6,10,20H,4-5,7-9H2,1H3,(H,16,19). The molecular weight excluding hydrogens is 286 g/mol. The van der Waals surface area contributed by atoms with Crippen molar-refractivity contribution in [2.45, 2.75) is 31.9 Å². The Labute approximate surface area is 127 Å². The Balaban J connectivity index is 1.68. The Hall–Kier alpha value is -1.53. The zero-order chi connectivity index (χ0) is 14.9. The van der Waals surface area contributed by atoms with Gasteiger partial charge in [0.25, 0.3) is 5.91 Å². The number of hydrogen-bond acceptors (Lipinski definition) is 4. The summed E-state index contributed by atoms with van der Waals surface area (Å²) in [6.45, 7) is 2.35. The lowest BCUT2D eigenvalue weighted by Gasteiger charge is -2.30. The van der Waals surface area contributed by atoms with E-state index >= 15 is 0 Å². The molecule has 0 aliphatic carbocycles. The van der Waals surface area contributed by atoms with Gasteiger partial charge in [-0.3, -0.25) is 4.79 Å². The first-order valence-corrected chi connectivity index (χ1v) is 8.26. The SMILES string of the molecule is Cc1cccn2cc(CNC(=O)C3(O)CCSCC3)nc12. The maximum atomic E-state index is 12.2. The van der Waals surface area contributed by atoms with Crippen LogP contribution in [0.5, 0.6) is 0 Å². The van der Waals surface area contributed by atoms with E-state index < -0.39 is 5.60 Å². The Bertz CT molecular complexity index is 662. The fourth-order valence-corrected chi connectivity index (χ4v) is 3.73. The maximum Gasteiger partial charge on any atom is 0.252 e. The normalized spacial score (nSPS) is 17.8. The Morgan fingerprint density at radius 2 is 2.29 bits per heavy atom. The molecular formula is C15H19N3O2S. The zero-order valence-electron chi connectivity index (χ0n) is 12.0. The van der Waals surface area contributed by atoms with Crippen molar-refractivity contribution in [3.8, 4) is 0 Å². The summed E-state index contributed by atoms with van der Waals surface area (Å²) in [5.41, 5.74) is 1.58. The number of aliphatic hydroxyl groups is 1. The molecule has 3 rings (SSSR count). The maximum absolute atomic E-state index is 12.2. The van der Waals surface area contributed by atoms with Crippen LogP contribution in [0, 0.1) is 6.92 Å². The van der Waals surface area contributed by atoms with Gasteiger partial charge in [0.1, 0.15) is 11.2 Å². The first-order chi connectivity index (χ1) is 10.1. The summed E-state index contributed by atoms with van der Waals surface area (Å²) in [5, 5.41) is 13.2. The van der Waals surface area contributed by atoms with E-state index in [0.717, 1.165) is 28.4 Å². The number of amides is 1. The van der Waals surface area contributed by atoms with Crippen molar-refractivity contribution in [3.63, 3.8) is 0 Å². The van der Waals surface area contributed by atoms with Gasteiger partial charge in [-0.1, -0.05) is 6.07 Å². The van der Waals surface area contributed by atoms with Gasteiger partial charge in [-0.15, -0.1) is 0 Å². The molecule has 0 bridgehead atoms. The van der Waals surface area contributed by atoms with Crippen LogP contribution in [0.2, 0.25) is 0 Å². The van der Waals surface area contributed by atoms with Crippen LogP contribution in [0.3, 0.4) is 0 Å². The molecule has 2 N–H and O–H groups in total. The third-order valence-corrected chi connectivity index (χ3v) is 4.89. The number of carbonyl (C=O) groups is 1. The minimum atomic E-state index is -1.21. The number of nitrogens with zero attached hydrogens (tertiary/aromatic N) is 2. The molecule has 1 fully saturated rings. The van der Waals surface area contributed by atoms with Gasteiger partial charge in [-0.05, 0) is 42.9 Å². The molecule has 2 aromatic rings. The first kappa shape index (κ1) is 14.4. The van der Waals surface area contributed by atoms with Gasteiger partial charge >= 0.3 is 0 Å². The second-order valence-corrected chi connectivity index (χ2v) is 6.71. The number of imidazole rings is 1. The summed E-state index contributed by atoms with van der Waals surface area (Å²) >= 11 is 1.78. The van der Waals surface area contributed by atoms with Crippen molar-refractivity contribution in [1.29, 1.82) is 0 Å². The first-order valence-electron chi connectivity index (χ1n) is 7.10. The molecule has 1 amide bonds. The third kappa shape index (κ3) is 2.91. The molecule has 6 heteroatoms. The molecule has 0 unspecified atom stereocenters. The van der Waals surface area contributed by atoms with Crippen molar-refractivity contribution < 1.29 is 9.90 Å². The lowest BCUT2D eigenvalue weighted by Crippen LogP contribution is -2.48. The quantitative estimate of drug-likeness (QED) is 0.902. The Morgan fingerprint density at radius 3 is 3.00 bits per heavy atom. The van der Waals surface area contributed by atoms with Crippen molar-refractivity contribution in [2.75, 3.05) is 11.5 Å². The van der Waals surface area contributed by atoms with Crippen LogP contribution in [0.1, 0.15) is 24.1 Å². The number of carbonyl (C=O) groups excluding carboxylic acids is 1. The number of rotatable bonds is 3. The van der Waals surface area contributed by atoms with Crippen LogP contribution in [0.4, 0.5) is 0 Å². The third-order valence-electron chi connectivity index (χ3n) is 3.90. The number of aromatic nitrogens is 2. The fourth-order valence-electron chi connectivity index (χ4n) is 2.56. The Morgan fingerprint density at radius 1 is 1.52 bits per heavy atom. The number of aryl methyl sites for hydroxylation is 1. The van der Waals surface area contributed by atoms with Gasteiger partial charge in [0.05, 0.1) is 12.2 Å². The minimum absolute atomic E-state index is 0.281. The van der Waals surface area contributed by atoms with Gasteiger partial charge in [0.2, 0.25) is 0 Å². The second-order valence-electron chi connectivity index (χ2n) is 5.48. The lowest BCUT2D eigenvalue weighted by molar-refractivity contribution is -0.140. The molecule has 1 aliphatic heterocycles. The highest BCUT2D eigenvalue weighted by Crippen LogP contribution is 2.27. The largest absolute Gasteiger partial charge is 0.380 e. The number of nitrogens with one attached hydrogen (secondary N) is 1. The van der Waals surface area contributed by atoms with Crippen LogP contribution in [0.15, 0.2) is 24.5 Å². The van der Waals surface area contributed by atoms with E-state index in [1.807, 2.05) is 35.9 Å². The van der Waals surface area contributed by atoms with Crippen molar-refractivity contribution in [2.24, 2.45) is 0 Å². The molecule has 0 saturated carbocycles. The Kier molecular flexibility index (Phi) is 3.91. The van der Waals surface area contributed by atoms with Crippen molar-refractivity contribution >= 4 is 23.3 Å². The van der Waals surface area contributed by atoms with E-state index in [2.05, 4.69) is 10.3 Å². The number of fused-ring (bicyclic) bond motifs is 1. The van der Waals surface area contributed by atoms with Crippen molar-refractivity contribution in [3.05, 3.63) is 35.8 Å². The van der Waals surface area contributed by atoms with Gasteiger partial charge in [0, 0.05) is 12.4 Å². The van der Waals surface area contributed by atoms with Gasteiger partial charge in [0.15, 0.2) is 0 Å². The average molecular weight is 305 g/mol. The highest BCUT2D eigenvalue weighted by Gasteiger charge is 2.37. The average Bonchev–Trinajstić information content (AvgIpc) is 2.90. The summed E-state index contributed by atoms with van der Waals surface area (Å²) in [5.74, 6) is 1.38. The van der Waals surface area contributed by atoms with E-state index in [1.165, 1.54) is 0 Å². The molecule has 5 nitrogen and oxygen atoms in total. The summed E-state index contributed by atoms with van der Waals surface area (Å²) < 4.78 is 1.95. The molecule has 3 heterocycles. The highest BCUT2D eigenvalue weighted by molar-refractivity contribution is 7.99.